The minimum Gasteiger partial charge on any atom is -0.457 e. The van der Waals surface area contributed by atoms with Crippen LogP contribution >= 0.6 is 0 Å². The number of amides is 1. The fraction of sp³-hybridized carbons (Fsp3) is 0.450. The first kappa shape index (κ1) is 24.7. The maximum absolute atomic E-state index is 14.7. The lowest BCUT2D eigenvalue weighted by atomic mass is 10.1. The van der Waals surface area contributed by atoms with Crippen LogP contribution < -0.4 is 4.90 Å². The van der Waals surface area contributed by atoms with Crippen molar-refractivity contribution in [1.29, 1.82) is 0 Å². The molecule has 0 aliphatic rings. The van der Waals surface area contributed by atoms with E-state index in [1.165, 1.54) is 0 Å². The van der Waals surface area contributed by atoms with Gasteiger partial charge in [0.2, 0.25) is 0 Å². The molecule has 1 aromatic carbocycles. The third-order valence-electron chi connectivity index (χ3n) is 3.36. The number of nitrogens with zero attached hydrogens (tertiary/aromatic N) is 2. The summed E-state index contributed by atoms with van der Waals surface area (Å²) in [5.41, 5.74) is -3.69. The fourth-order valence-electron chi connectivity index (χ4n) is 2.20. The van der Waals surface area contributed by atoms with E-state index < -0.39 is 57.5 Å². The molecule has 0 aliphatic heterocycles. The average molecular weight is 424 g/mol. The first-order valence-corrected chi connectivity index (χ1v) is 8.90. The highest BCUT2D eigenvalue weighted by Gasteiger charge is 2.30. The molecule has 0 aromatic heterocycles. The Labute approximate surface area is 173 Å². The average Bonchev–Trinajstić information content (AvgIpc) is 2.56. The number of nitro groups is 1. The van der Waals surface area contributed by atoms with Crippen LogP contribution in [0.25, 0.3) is 0 Å². The normalized spacial score (nSPS) is 11.4. The number of esters is 1. The number of aldehydes is 1. The highest BCUT2D eigenvalue weighted by molar-refractivity contribution is 5.95. The highest BCUT2D eigenvalue weighted by atomic mass is 19.1. The van der Waals surface area contributed by atoms with Gasteiger partial charge in [0.25, 0.3) is 5.69 Å². The first-order chi connectivity index (χ1) is 13.6. The van der Waals surface area contributed by atoms with E-state index >= 15 is 0 Å². The molecule has 0 radical (unpaired) electrons. The molecule has 10 heteroatoms. The van der Waals surface area contributed by atoms with Crippen molar-refractivity contribution in [3.8, 4) is 0 Å². The van der Waals surface area contributed by atoms with Gasteiger partial charge in [-0.25, -0.2) is 14.0 Å². The van der Waals surface area contributed by atoms with E-state index in [9.17, 15) is 28.9 Å². The number of hydrogen-bond donors (Lipinski definition) is 0. The Morgan fingerprint density at radius 1 is 1.17 bits per heavy atom. The summed E-state index contributed by atoms with van der Waals surface area (Å²) in [6, 6.07) is 1.36. The summed E-state index contributed by atoms with van der Waals surface area (Å²) < 4.78 is 25.1. The van der Waals surface area contributed by atoms with Gasteiger partial charge < -0.3 is 9.47 Å². The van der Waals surface area contributed by atoms with Crippen LogP contribution in [0.3, 0.4) is 0 Å². The maximum Gasteiger partial charge on any atom is 0.415 e. The van der Waals surface area contributed by atoms with E-state index in [4.69, 9.17) is 9.47 Å². The molecule has 1 rings (SSSR count). The quantitative estimate of drug-likeness (QED) is 0.221. The summed E-state index contributed by atoms with van der Waals surface area (Å²) >= 11 is 0. The summed E-state index contributed by atoms with van der Waals surface area (Å²) in [4.78, 5) is 47.0. The van der Waals surface area contributed by atoms with Gasteiger partial charge in [-0.15, -0.1) is 0 Å². The molecule has 1 amide bonds. The second-order valence-electron chi connectivity index (χ2n) is 8.41. The summed E-state index contributed by atoms with van der Waals surface area (Å²) in [5.74, 6) is -1.98. The van der Waals surface area contributed by atoms with Gasteiger partial charge in [0, 0.05) is 5.57 Å². The van der Waals surface area contributed by atoms with Gasteiger partial charge in [-0.1, -0.05) is 6.58 Å². The van der Waals surface area contributed by atoms with Gasteiger partial charge in [-0.3, -0.25) is 19.8 Å². The monoisotopic (exact) mass is 424 g/mol. The standard InChI is InChI=1S/C20H25FN2O7/c1-12(17(25)29-19(2,3)4)10-22(18(26)30-20(5,6)7)16-8-13(11-24)15(23(27)28)9-14(16)21/h8-9,11H,1,10H2,2-7H3. The summed E-state index contributed by atoms with van der Waals surface area (Å²) in [6.45, 7) is 12.7. The SMILES string of the molecule is C=C(CN(C(=O)OC(C)(C)C)c1cc(C=O)c([N+](=O)[O-])cc1F)C(=O)OC(C)(C)C. The summed E-state index contributed by atoms with van der Waals surface area (Å²) in [6.07, 6.45) is -0.881. The third kappa shape index (κ3) is 6.94. The van der Waals surface area contributed by atoms with Gasteiger partial charge in [0.15, 0.2) is 12.1 Å². The Morgan fingerprint density at radius 3 is 2.13 bits per heavy atom. The highest BCUT2D eigenvalue weighted by Crippen LogP contribution is 2.29. The number of carbonyl (C=O) groups excluding carboxylic acids is 3. The third-order valence-corrected chi connectivity index (χ3v) is 3.36. The zero-order chi connectivity index (χ0) is 23.4. The summed E-state index contributed by atoms with van der Waals surface area (Å²) in [7, 11) is 0. The van der Waals surface area contributed by atoms with E-state index in [1.807, 2.05) is 0 Å². The number of hydrogen-bond acceptors (Lipinski definition) is 7. The van der Waals surface area contributed by atoms with Crippen LogP contribution in [0.2, 0.25) is 0 Å². The van der Waals surface area contributed by atoms with Crippen molar-refractivity contribution in [2.24, 2.45) is 0 Å². The zero-order valence-electron chi connectivity index (χ0n) is 17.8. The summed E-state index contributed by atoms with van der Waals surface area (Å²) in [5, 5.41) is 11.0. The van der Waals surface area contributed by atoms with Crippen LogP contribution in [0.5, 0.6) is 0 Å². The smallest absolute Gasteiger partial charge is 0.415 e. The number of carbonyl (C=O) groups is 3. The predicted molar refractivity (Wildman–Crippen MR) is 107 cm³/mol. The van der Waals surface area contributed by atoms with Gasteiger partial charge in [-0.05, 0) is 47.6 Å². The number of ether oxygens (including phenoxy) is 2. The molecular weight excluding hydrogens is 399 g/mol. The molecule has 0 fully saturated rings. The number of anilines is 1. The number of nitro benzene ring substituents is 1. The Balaban J connectivity index is 3.43. The molecule has 1 aromatic rings. The van der Waals surface area contributed by atoms with Crippen LogP contribution in [0.4, 0.5) is 20.6 Å². The van der Waals surface area contributed by atoms with Gasteiger partial charge >= 0.3 is 12.1 Å². The molecule has 0 N–H and O–H groups in total. The second kappa shape index (κ2) is 9.02. The van der Waals surface area contributed by atoms with Crippen molar-refractivity contribution in [1.82, 2.24) is 0 Å². The zero-order valence-corrected chi connectivity index (χ0v) is 17.8. The van der Waals surface area contributed by atoms with Crippen LogP contribution in [0.15, 0.2) is 24.3 Å². The van der Waals surface area contributed by atoms with Crippen molar-refractivity contribution in [3.63, 3.8) is 0 Å². The van der Waals surface area contributed by atoms with Gasteiger partial charge in [0.05, 0.1) is 28.8 Å². The van der Waals surface area contributed by atoms with E-state index in [0.717, 1.165) is 11.0 Å². The number of benzene rings is 1. The van der Waals surface area contributed by atoms with Crippen molar-refractivity contribution in [3.05, 3.63) is 45.8 Å². The fourth-order valence-corrected chi connectivity index (χ4v) is 2.20. The molecule has 164 valence electrons. The van der Waals surface area contributed by atoms with Crippen molar-refractivity contribution in [2.75, 3.05) is 11.4 Å². The van der Waals surface area contributed by atoms with Gasteiger partial charge in [0.1, 0.15) is 11.2 Å². The van der Waals surface area contributed by atoms with Crippen LogP contribution in [-0.2, 0) is 14.3 Å². The minimum atomic E-state index is -1.16. The molecule has 0 bridgehead atoms. The molecule has 0 heterocycles. The Morgan fingerprint density at radius 2 is 1.70 bits per heavy atom. The van der Waals surface area contributed by atoms with E-state index in [0.29, 0.717) is 6.07 Å². The van der Waals surface area contributed by atoms with Crippen molar-refractivity contribution < 1.29 is 33.2 Å². The van der Waals surface area contributed by atoms with Crippen LogP contribution in [0.1, 0.15) is 51.9 Å². The molecule has 9 nitrogen and oxygen atoms in total. The molecule has 0 spiro atoms. The topological polar surface area (TPSA) is 116 Å². The lowest BCUT2D eigenvalue weighted by Crippen LogP contribution is -2.40. The minimum absolute atomic E-state index is 0.164. The number of halogens is 1. The molecule has 30 heavy (non-hydrogen) atoms. The van der Waals surface area contributed by atoms with Crippen LogP contribution in [0, 0.1) is 15.9 Å². The van der Waals surface area contributed by atoms with E-state index in [-0.39, 0.29) is 11.9 Å². The number of rotatable bonds is 6. The van der Waals surface area contributed by atoms with Crippen LogP contribution in [-0.4, -0.2) is 41.0 Å². The Hall–Kier alpha value is -3.30. The molecule has 0 saturated heterocycles. The molecule has 0 unspecified atom stereocenters. The molecule has 0 saturated carbocycles. The second-order valence-corrected chi connectivity index (χ2v) is 8.41. The largest absolute Gasteiger partial charge is 0.457 e. The lowest BCUT2D eigenvalue weighted by molar-refractivity contribution is -0.385. The molecule has 0 aliphatic carbocycles. The Bertz CT molecular complexity index is 882. The molecule has 0 atom stereocenters. The molecular formula is C20H25FN2O7. The lowest BCUT2D eigenvalue weighted by Gasteiger charge is -2.28. The van der Waals surface area contributed by atoms with Crippen molar-refractivity contribution >= 4 is 29.7 Å². The maximum atomic E-state index is 14.7. The van der Waals surface area contributed by atoms with Gasteiger partial charge in [-0.2, -0.15) is 0 Å². The predicted octanol–water partition coefficient (Wildman–Crippen LogP) is 4.19. The first-order valence-electron chi connectivity index (χ1n) is 8.90. The van der Waals surface area contributed by atoms with E-state index in [1.54, 1.807) is 41.5 Å². The Kier molecular flexibility index (Phi) is 7.44. The van der Waals surface area contributed by atoms with Crippen molar-refractivity contribution in [2.45, 2.75) is 52.7 Å². The van der Waals surface area contributed by atoms with E-state index in [2.05, 4.69) is 6.58 Å².